The van der Waals surface area contributed by atoms with Crippen LogP contribution in [0.5, 0.6) is 0 Å². The Kier molecular flexibility index (Phi) is 10.5. The molecule has 8 heteroatoms. The van der Waals surface area contributed by atoms with E-state index in [1.54, 1.807) is 18.7 Å². The molecule has 204 valence electrons. The summed E-state index contributed by atoms with van der Waals surface area (Å²) >= 11 is 0. The molecular formula is C29H45N5O3. The van der Waals surface area contributed by atoms with E-state index in [0.29, 0.717) is 18.2 Å². The molecule has 0 fully saturated rings. The number of hydrogen-bond donors (Lipinski definition) is 2. The summed E-state index contributed by atoms with van der Waals surface area (Å²) in [7, 11) is 1.65. The van der Waals surface area contributed by atoms with E-state index in [-0.39, 0.29) is 24.1 Å². The molecule has 1 aromatic carbocycles. The SMILES string of the molecule is CC(=O)c1nn2c3c(cc(NCC(C)C)cc13)CCCCCCCCCCNC(=O)[C@H](C)N(C)C(=O)C2. The lowest BCUT2D eigenvalue weighted by Gasteiger charge is -2.24. The fourth-order valence-corrected chi connectivity index (χ4v) is 4.89. The molecule has 2 N–H and O–H groups in total. The average Bonchev–Trinajstić information content (AvgIpc) is 3.22. The standard InChI is InChI=1S/C29H45N5O3/c1-20(2)18-31-24-16-23-14-12-10-8-6-7-9-11-13-15-30-29(37)21(3)33(5)26(36)19-34-28(23)25(17-24)27(32-34)22(4)35/h16-17,20-21,31H,6-15,18-19H2,1-5H3,(H,30,37)/t21-/m0/s1. The van der Waals surface area contributed by atoms with E-state index < -0.39 is 6.04 Å². The Labute approximate surface area is 221 Å². The van der Waals surface area contributed by atoms with E-state index in [9.17, 15) is 14.4 Å². The van der Waals surface area contributed by atoms with Crippen LogP contribution in [-0.4, -0.2) is 58.5 Å². The first-order chi connectivity index (χ1) is 17.7. The fraction of sp³-hybridized carbons (Fsp3) is 0.655. The van der Waals surface area contributed by atoms with Crippen LogP contribution in [0.15, 0.2) is 12.1 Å². The fourth-order valence-electron chi connectivity index (χ4n) is 4.89. The van der Waals surface area contributed by atoms with Crippen LogP contribution >= 0.6 is 0 Å². The van der Waals surface area contributed by atoms with Crippen LogP contribution < -0.4 is 10.6 Å². The molecule has 3 rings (SSSR count). The Morgan fingerprint density at radius 3 is 2.38 bits per heavy atom. The van der Waals surface area contributed by atoms with Gasteiger partial charge in [0.15, 0.2) is 5.78 Å². The number of benzene rings is 1. The van der Waals surface area contributed by atoms with Gasteiger partial charge in [-0.1, -0.05) is 52.4 Å². The van der Waals surface area contributed by atoms with Gasteiger partial charge in [0.1, 0.15) is 18.3 Å². The van der Waals surface area contributed by atoms with Gasteiger partial charge >= 0.3 is 0 Å². The first-order valence-electron chi connectivity index (χ1n) is 14.0. The van der Waals surface area contributed by atoms with E-state index >= 15 is 0 Å². The largest absolute Gasteiger partial charge is 0.385 e. The Morgan fingerprint density at radius 2 is 1.73 bits per heavy atom. The molecule has 2 amide bonds. The number of nitrogens with zero attached hydrogens (tertiary/aromatic N) is 3. The van der Waals surface area contributed by atoms with Crippen molar-refractivity contribution in [3.8, 4) is 0 Å². The zero-order chi connectivity index (χ0) is 26.9. The van der Waals surface area contributed by atoms with Crippen LogP contribution in [0.4, 0.5) is 5.69 Å². The van der Waals surface area contributed by atoms with Gasteiger partial charge in [-0.2, -0.15) is 5.10 Å². The lowest BCUT2D eigenvalue weighted by molar-refractivity contribution is -0.138. The van der Waals surface area contributed by atoms with Crippen molar-refractivity contribution in [3.05, 3.63) is 23.4 Å². The van der Waals surface area contributed by atoms with Crippen molar-refractivity contribution in [1.82, 2.24) is 20.0 Å². The molecule has 0 saturated heterocycles. The number of amides is 2. The predicted octanol–water partition coefficient (Wildman–Crippen LogP) is 4.95. The van der Waals surface area contributed by atoms with E-state index in [0.717, 1.165) is 60.8 Å². The van der Waals surface area contributed by atoms with E-state index in [1.165, 1.54) is 37.5 Å². The minimum Gasteiger partial charge on any atom is -0.385 e. The Morgan fingerprint density at radius 1 is 1.08 bits per heavy atom. The summed E-state index contributed by atoms with van der Waals surface area (Å²) in [6, 6.07) is 3.55. The molecule has 8 nitrogen and oxygen atoms in total. The Balaban J connectivity index is 2.00. The average molecular weight is 512 g/mol. The van der Waals surface area contributed by atoms with Crippen LogP contribution in [0.25, 0.3) is 10.9 Å². The highest BCUT2D eigenvalue weighted by atomic mass is 16.2. The van der Waals surface area contributed by atoms with Crippen molar-refractivity contribution in [3.63, 3.8) is 0 Å². The number of nitrogens with one attached hydrogen (secondary N) is 2. The van der Waals surface area contributed by atoms with Crippen molar-refractivity contribution in [2.24, 2.45) is 5.92 Å². The smallest absolute Gasteiger partial charge is 0.244 e. The van der Waals surface area contributed by atoms with Gasteiger partial charge in [-0.3, -0.25) is 19.1 Å². The van der Waals surface area contributed by atoms with Crippen molar-refractivity contribution in [1.29, 1.82) is 0 Å². The third-order valence-corrected chi connectivity index (χ3v) is 7.28. The Bertz CT molecular complexity index is 1090. The summed E-state index contributed by atoms with van der Waals surface area (Å²) in [5.41, 5.74) is 3.30. The highest BCUT2D eigenvalue weighted by molar-refractivity contribution is 6.06. The number of likely N-dealkylation sites (N-methyl/N-ethyl adjacent to an activating group) is 1. The molecule has 1 aliphatic rings. The number of anilines is 1. The molecule has 1 atom stereocenters. The second-order valence-electron chi connectivity index (χ2n) is 10.9. The molecule has 1 aliphatic heterocycles. The highest BCUT2D eigenvalue weighted by Gasteiger charge is 2.25. The number of aryl methyl sites for hydroxylation is 1. The number of carbonyl (C=O) groups excluding carboxylic acids is 3. The van der Waals surface area contributed by atoms with Crippen molar-refractivity contribution in [2.75, 3.05) is 25.5 Å². The van der Waals surface area contributed by atoms with E-state index in [4.69, 9.17) is 0 Å². The number of aromatic nitrogens is 2. The van der Waals surface area contributed by atoms with Gasteiger partial charge in [-0.25, -0.2) is 0 Å². The minimum atomic E-state index is -0.588. The van der Waals surface area contributed by atoms with Crippen LogP contribution in [0.2, 0.25) is 0 Å². The summed E-state index contributed by atoms with van der Waals surface area (Å²) in [5.74, 6) is -0.00523. The molecule has 0 unspecified atom stereocenters. The number of hydrogen-bond acceptors (Lipinski definition) is 5. The maximum atomic E-state index is 13.3. The predicted molar refractivity (Wildman–Crippen MR) is 149 cm³/mol. The van der Waals surface area contributed by atoms with Crippen molar-refractivity contribution in [2.45, 2.75) is 98.1 Å². The highest BCUT2D eigenvalue weighted by Crippen LogP contribution is 2.29. The van der Waals surface area contributed by atoms with Crippen LogP contribution in [0, 0.1) is 5.92 Å². The third kappa shape index (κ3) is 7.79. The number of rotatable bonds is 4. The summed E-state index contributed by atoms with van der Waals surface area (Å²) in [6.07, 6.45) is 9.94. The van der Waals surface area contributed by atoms with Crippen LogP contribution in [0.3, 0.4) is 0 Å². The van der Waals surface area contributed by atoms with Gasteiger partial charge in [0.2, 0.25) is 11.8 Å². The molecule has 0 bridgehead atoms. The molecule has 1 aromatic heterocycles. The van der Waals surface area contributed by atoms with Gasteiger partial charge < -0.3 is 15.5 Å². The molecule has 0 saturated carbocycles. The molecule has 0 radical (unpaired) electrons. The first kappa shape index (κ1) is 28.7. The molecule has 2 aromatic rings. The normalized spacial score (nSPS) is 19.3. The maximum Gasteiger partial charge on any atom is 0.244 e. The molecule has 0 aliphatic carbocycles. The molecule has 2 heterocycles. The van der Waals surface area contributed by atoms with Gasteiger partial charge in [0.05, 0.1) is 5.52 Å². The second-order valence-corrected chi connectivity index (χ2v) is 10.9. The quantitative estimate of drug-likeness (QED) is 0.567. The van der Waals surface area contributed by atoms with Gasteiger partial charge in [0.25, 0.3) is 0 Å². The van der Waals surface area contributed by atoms with Gasteiger partial charge in [0, 0.05) is 38.1 Å². The maximum absolute atomic E-state index is 13.3. The first-order valence-corrected chi connectivity index (χ1v) is 14.0. The summed E-state index contributed by atoms with van der Waals surface area (Å²) in [6.45, 7) is 9.03. The summed E-state index contributed by atoms with van der Waals surface area (Å²) in [5, 5.41) is 11.9. The minimum absolute atomic E-state index is 0.0241. The third-order valence-electron chi connectivity index (χ3n) is 7.28. The van der Waals surface area contributed by atoms with Crippen LogP contribution in [-0.2, 0) is 22.6 Å². The topological polar surface area (TPSA) is 96.3 Å². The molecular weight excluding hydrogens is 466 g/mol. The van der Waals surface area contributed by atoms with E-state index in [1.807, 2.05) is 6.07 Å². The molecule has 0 spiro atoms. The second kappa shape index (κ2) is 13.6. The number of ketones is 1. The number of Topliss-reactive ketones (excluding diaryl/α,β-unsaturated/α-hetero) is 1. The zero-order valence-corrected chi connectivity index (χ0v) is 23.4. The van der Waals surface area contributed by atoms with Crippen molar-refractivity contribution >= 4 is 34.2 Å². The summed E-state index contributed by atoms with van der Waals surface area (Å²) in [4.78, 5) is 40.0. The van der Waals surface area contributed by atoms with Gasteiger partial charge in [-0.05, 0) is 49.8 Å². The summed E-state index contributed by atoms with van der Waals surface area (Å²) < 4.78 is 1.67. The lowest BCUT2D eigenvalue weighted by Crippen LogP contribution is -2.47. The van der Waals surface area contributed by atoms with Gasteiger partial charge in [-0.15, -0.1) is 0 Å². The Hall–Kier alpha value is -2.90. The molecule has 37 heavy (non-hydrogen) atoms. The van der Waals surface area contributed by atoms with E-state index in [2.05, 4.69) is 35.6 Å². The zero-order valence-electron chi connectivity index (χ0n) is 23.4. The van der Waals surface area contributed by atoms with Crippen molar-refractivity contribution < 1.29 is 14.4 Å². The van der Waals surface area contributed by atoms with Crippen LogP contribution in [0.1, 0.15) is 95.1 Å². The number of carbonyl (C=O) groups is 3. The lowest BCUT2D eigenvalue weighted by atomic mass is 10.00. The monoisotopic (exact) mass is 511 g/mol.